The van der Waals surface area contributed by atoms with Crippen LogP contribution in [0.1, 0.15) is 50.3 Å². The number of fused-ring (bicyclic) bond motifs is 1. The van der Waals surface area contributed by atoms with E-state index in [9.17, 15) is 9.90 Å². The van der Waals surface area contributed by atoms with Gasteiger partial charge in [0.1, 0.15) is 11.9 Å². The van der Waals surface area contributed by atoms with E-state index in [-0.39, 0.29) is 12.3 Å². The highest BCUT2D eigenvalue weighted by atomic mass is 35.5. The summed E-state index contributed by atoms with van der Waals surface area (Å²) in [6, 6.07) is 11.3. The van der Waals surface area contributed by atoms with Gasteiger partial charge >= 0.3 is 5.97 Å². The Kier molecular flexibility index (Phi) is 10.5. The summed E-state index contributed by atoms with van der Waals surface area (Å²) in [5.41, 5.74) is 1.40. The SMILES string of the molecule is COc1ccc2nccc([C@@H](F)CCC3CCN(CCCSc4ccc(Cl)s4)CC3CCC(=O)O)c2c1. The van der Waals surface area contributed by atoms with Gasteiger partial charge in [-0.25, -0.2) is 4.39 Å². The Morgan fingerprint density at radius 2 is 2.16 bits per heavy atom. The lowest BCUT2D eigenvalue weighted by Crippen LogP contribution is -2.41. The van der Waals surface area contributed by atoms with Crippen molar-refractivity contribution in [2.24, 2.45) is 11.8 Å². The highest BCUT2D eigenvalue weighted by Crippen LogP contribution is 2.37. The standard InChI is InChI=1S/C28H34ClFN2O3S2/c1-35-21-5-7-25-23(17-21)22(11-13-31-25)24(30)6-3-19-12-15-32(18-20(19)4-9-27(33)34)14-2-16-36-28-10-8-26(29)37-28/h5,7-8,10-11,13,17,19-20,24H,2-4,6,9,12,14-16,18H2,1H3,(H,33,34)/t19?,20?,24-/m0/s1. The van der Waals surface area contributed by atoms with E-state index in [1.54, 1.807) is 30.7 Å². The van der Waals surface area contributed by atoms with E-state index in [1.165, 1.54) is 4.21 Å². The molecule has 1 N–H and O–H groups in total. The molecular weight excluding hydrogens is 531 g/mol. The molecule has 3 aromatic rings. The van der Waals surface area contributed by atoms with Gasteiger partial charge in [-0.2, -0.15) is 0 Å². The molecule has 0 spiro atoms. The van der Waals surface area contributed by atoms with Crippen molar-refractivity contribution in [3.8, 4) is 5.75 Å². The van der Waals surface area contributed by atoms with Crippen LogP contribution < -0.4 is 4.74 Å². The van der Waals surface area contributed by atoms with Crippen molar-refractivity contribution in [3.05, 3.63) is 52.5 Å². The van der Waals surface area contributed by atoms with Crippen LogP contribution in [0, 0.1) is 11.8 Å². The van der Waals surface area contributed by atoms with Crippen LogP contribution in [-0.2, 0) is 4.79 Å². The molecule has 9 heteroatoms. The Labute approximate surface area is 231 Å². The number of methoxy groups -OCH3 is 1. The summed E-state index contributed by atoms with van der Waals surface area (Å²) in [7, 11) is 1.60. The third kappa shape index (κ3) is 8.06. The summed E-state index contributed by atoms with van der Waals surface area (Å²) < 4.78 is 22.9. The fourth-order valence-corrected chi connectivity index (χ4v) is 7.58. The summed E-state index contributed by atoms with van der Waals surface area (Å²) >= 11 is 9.46. The predicted octanol–water partition coefficient (Wildman–Crippen LogP) is 7.73. The molecule has 0 saturated carbocycles. The average molecular weight is 565 g/mol. The molecule has 1 saturated heterocycles. The number of hydrogen-bond donors (Lipinski definition) is 1. The smallest absolute Gasteiger partial charge is 0.303 e. The van der Waals surface area contributed by atoms with Gasteiger partial charge in [0, 0.05) is 30.3 Å². The van der Waals surface area contributed by atoms with Crippen LogP contribution in [0.25, 0.3) is 10.9 Å². The van der Waals surface area contributed by atoms with Crippen LogP contribution in [0.3, 0.4) is 0 Å². The largest absolute Gasteiger partial charge is 0.497 e. The van der Waals surface area contributed by atoms with Crippen LogP contribution in [0.4, 0.5) is 4.39 Å². The van der Waals surface area contributed by atoms with Gasteiger partial charge in [-0.05, 0) is 99.0 Å². The minimum Gasteiger partial charge on any atom is -0.497 e. The maximum atomic E-state index is 15.5. The van der Waals surface area contributed by atoms with Crippen molar-refractivity contribution in [2.45, 2.75) is 48.9 Å². The third-order valence-corrected chi connectivity index (χ3v) is 9.77. The van der Waals surface area contributed by atoms with Crippen LogP contribution >= 0.6 is 34.7 Å². The fraction of sp³-hybridized carbons (Fsp3) is 0.500. The van der Waals surface area contributed by atoms with Crippen molar-refractivity contribution in [3.63, 3.8) is 0 Å². The molecule has 1 aromatic carbocycles. The Morgan fingerprint density at radius 1 is 1.30 bits per heavy atom. The highest BCUT2D eigenvalue weighted by molar-refractivity contribution is 8.01. The minimum absolute atomic E-state index is 0.165. The lowest BCUT2D eigenvalue weighted by molar-refractivity contribution is -0.137. The van der Waals surface area contributed by atoms with Crippen LogP contribution in [0.5, 0.6) is 5.75 Å². The van der Waals surface area contributed by atoms with Crippen LogP contribution in [0.2, 0.25) is 4.34 Å². The fourth-order valence-electron chi connectivity index (χ4n) is 5.27. The number of piperidine rings is 1. The monoisotopic (exact) mass is 564 g/mol. The molecule has 0 radical (unpaired) electrons. The number of carboxylic acids is 1. The number of halogens is 2. The van der Waals surface area contributed by atoms with Crippen molar-refractivity contribution in [1.29, 1.82) is 0 Å². The van der Waals surface area contributed by atoms with Crippen LogP contribution in [0.15, 0.2) is 46.8 Å². The van der Waals surface area contributed by atoms with Gasteiger partial charge in [0.25, 0.3) is 0 Å². The van der Waals surface area contributed by atoms with Gasteiger partial charge in [0.05, 0.1) is 21.2 Å². The maximum absolute atomic E-state index is 15.5. The molecule has 4 rings (SSSR count). The van der Waals surface area contributed by atoms with Gasteiger partial charge in [-0.1, -0.05) is 11.6 Å². The number of rotatable bonds is 13. The average Bonchev–Trinajstić information content (AvgIpc) is 3.33. The molecule has 37 heavy (non-hydrogen) atoms. The first-order valence-electron chi connectivity index (χ1n) is 12.8. The number of aliphatic carboxylic acids is 1. The summed E-state index contributed by atoms with van der Waals surface area (Å²) in [4.78, 5) is 18.1. The van der Waals surface area contributed by atoms with Crippen molar-refractivity contribution in [2.75, 3.05) is 32.5 Å². The Balaban J connectivity index is 1.32. The van der Waals surface area contributed by atoms with Gasteiger partial charge in [0.15, 0.2) is 0 Å². The van der Waals surface area contributed by atoms with Gasteiger partial charge in [-0.3, -0.25) is 9.78 Å². The van der Waals surface area contributed by atoms with E-state index in [0.717, 1.165) is 59.9 Å². The molecule has 200 valence electrons. The van der Waals surface area contributed by atoms with E-state index in [2.05, 4.69) is 16.0 Å². The second-order valence-corrected chi connectivity index (χ2v) is 12.7. The molecule has 0 amide bonds. The first-order chi connectivity index (χ1) is 17.9. The molecule has 1 aliphatic rings. The molecule has 1 aliphatic heterocycles. The number of nitrogens with zero attached hydrogens (tertiary/aromatic N) is 2. The third-order valence-electron chi connectivity index (χ3n) is 7.23. The number of alkyl halides is 1. The number of likely N-dealkylation sites (tertiary alicyclic amines) is 1. The highest BCUT2D eigenvalue weighted by Gasteiger charge is 2.30. The van der Waals surface area contributed by atoms with Crippen molar-refractivity contribution in [1.82, 2.24) is 9.88 Å². The number of thiophene rings is 1. The second kappa shape index (κ2) is 13.8. The molecule has 1 fully saturated rings. The second-order valence-electron chi connectivity index (χ2n) is 9.63. The lowest BCUT2D eigenvalue weighted by Gasteiger charge is -2.39. The Hall–Kier alpha value is -1.87. The normalized spacial score (nSPS) is 19.2. The summed E-state index contributed by atoms with van der Waals surface area (Å²) in [6.45, 7) is 2.87. The van der Waals surface area contributed by atoms with Crippen LogP contribution in [-0.4, -0.2) is 53.5 Å². The van der Waals surface area contributed by atoms with E-state index < -0.39 is 12.1 Å². The topological polar surface area (TPSA) is 62.7 Å². The number of hydrogen-bond acceptors (Lipinski definition) is 6. The first kappa shape index (κ1) is 28.1. The number of aromatic nitrogens is 1. The summed E-state index contributed by atoms with van der Waals surface area (Å²) in [6.07, 6.45) is 4.60. The Bertz CT molecular complexity index is 1180. The van der Waals surface area contributed by atoms with Crippen molar-refractivity contribution < 1.29 is 19.0 Å². The zero-order valence-electron chi connectivity index (χ0n) is 21.1. The van der Waals surface area contributed by atoms with E-state index in [0.29, 0.717) is 30.1 Å². The molecule has 2 aromatic heterocycles. The van der Waals surface area contributed by atoms with Gasteiger partial charge < -0.3 is 14.7 Å². The molecule has 0 aliphatic carbocycles. The van der Waals surface area contributed by atoms with E-state index in [1.807, 2.05) is 36.0 Å². The zero-order chi connectivity index (χ0) is 26.2. The quantitative estimate of drug-likeness (QED) is 0.169. The maximum Gasteiger partial charge on any atom is 0.303 e. The molecule has 3 heterocycles. The zero-order valence-corrected chi connectivity index (χ0v) is 23.5. The molecular formula is C28H34ClFN2O3S2. The minimum atomic E-state index is -1.10. The predicted molar refractivity (Wildman–Crippen MR) is 151 cm³/mol. The van der Waals surface area contributed by atoms with E-state index in [4.69, 9.17) is 16.3 Å². The summed E-state index contributed by atoms with van der Waals surface area (Å²) in [5, 5.41) is 10.1. The molecule has 2 unspecified atom stereocenters. The number of carboxylic acid groups (broad SMARTS) is 1. The van der Waals surface area contributed by atoms with E-state index >= 15 is 4.39 Å². The molecule has 0 bridgehead atoms. The van der Waals surface area contributed by atoms with Gasteiger partial charge in [-0.15, -0.1) is 23.1 Å². The van der Waals surface area contributed by atoms with Crippen molar-refractivity contribution >= 4 is 51.6 Å². The number of thioether (sulfide) groups is 1. The molecule has 3 atom stereocenters. The number of pyridine rings is 1. The van der Waals surface area contributed by atoms with Gasteiger partial charge in [0.2, 0.25) is 0 Å². The number of benzene rings is 1. The number of ether oxygens (including phenoxy) is 1. The first-order valence-corrected chi connectivity index (χ1v) is 15.0. The molecule has 5 nitrogen and oxygen atoms in total. The Morgan fingerprint density at radius 3 is 2.92 bits per heavy atom. The number of carbonyl (C=O) groups is 1. The lowest BCUT2D eigenvalue weighted by atomic mass is 9.79. The summed E-state index contributed by atoms with van der Waals surface area (Å²) in [5.74, 6) is 1.56.